The summed E-state index contributed by atoms with van der Waals surface area (Å²) in [7, 11) is 1.63. The maximum Gasteiger partial charge on any atom is 0.342 e. The van der Waals surface area contributed by atoms with Crippen molar-refractivity contribution in [3.8, 4) is 11.5 Å². The Balaban J connectivity index is 2.38. The number of amides is 1. The first-order valence-electron chi connectivity index (χ1n) is 10.7. The summed E-state index contributed by atoms with van der Waals surface area (Å²) in [5.74, 6) is -1.98. The van der Waals surface area contributed by atoms with Crippen molar-refractivity contribution >= 4 is 23.7 Å². The summed E-state index contributed by atoms with van der Waals surface area (Å²) in [4.78, 5) is 37.7. The Morgan fingerprint density at radius 3 is 2.58 bits per heavy atom. The van der Waals surface area contributed by atoms with E-state index in [1.807, 2.05) is 0 Å². The van der Waals surface area contributed by atoms with E-state index in [4.69, 9.17) is 9.47 Å². The summed E-state index contributed by atoms with van der Waals surface area (Å²) in [5.41, 5.74) is 0.195. The van der Waals surface area contributed by atoms with Gasteiger partial charge in [-0.2, -0.15) is 0 Å². The van der Waals surface area contributed by atoms with Gasteiger partial charge in [0, 0.05) is 26.0 Å². The summed E-state index contributed by atoms with van der Waals surface area (Å²) >= 11 is 0. The minimum absolute atomic E-state index is 0.0730. The lowest BCUT2D eigenvalue weighted by Crippen LogP contribution is -2.32. The average Bonchev–Trinajstić information content (AvgIpc) is 2.75. The van der Waals surface area contributed by atoms with Crippen LogP contribution in [-0.4, -0.2) is 76.4 Å². The van der Waals surface area contributed by atoms with Crippen molar-refractivity contribution in [1.29, 1.82) is 0 Å². The quantitative estimate of drug-likeness (QED) is 0.577. The second-order valence-electron chi connectivity index (χ2n) is 8.08. The van der Waals surface area contributed by atoms with Crippen LogP contribution in [0.15, 0.2) is 30.4 Å². The van der Waals surface area contributed by atoms with Crippen LogP contribution in [0.25, 0.3) is 6.08 Å². The Morgan fingerprint density at radius 2 is 1.91 bits per heavy atom. The fraction of sp³-hybridized carbons (Fsp3) is 0.458. The van der Waals surface area contributed by atoms with E-state index in [9.17, 15) is 29.7 Å². The van der Waals surface area contributed by atoms with Crippen LogP contribution in [0.1, 0.15) is 43.1 Å². The molecular weight excluding hydrogens is 430 g/mol. The highest BCUT2D eigenvalue weighted by Crippen LogP contribution is 2.31. The minimum Gasteiger partial charge on any atom is -0.507 e. The van der Waals surface area contributed by atoms with Crippen molar-refractivity contribution in [1.82, 2.24) is 4.90 Å². The van der Waals surface area contributed by atoms with Crippen molar-refractivity contribution in [3.63, 3.8) is 0 Å². The van der Waals surface area contributed by atoms with Crippen molar-refractivity contribution in [2.75, 3.05) is 20.2 Å². The highest BCUT2D eigenvalue weighted by molar-refractivity contribution is 5.97. The van der Waals surface area contributed by atoms with Crippen LogP contribution in [0, 0.1) is 5.92 Å². The molecule has 1 aromatic carbocycles. The molecule has 180 valence electrons. The Hall–Kier alpha value is -3.17. The molecule has 0 spiro atoms. The van der Waals surface area contributed by atoms with E-state index in [-0.39, 0.29) is 47.5 Å². The van der Waals surface area contributed by atoms with E-state index in [1.54, 1.807) is 20.9 Å². The number of carbonyl (C=O) groups excluding carboxylic acids is 3. The zero-order chi connectivity index (χ0) is 24.7. The number of esters is 1. The van der Waals surface area contributed by atoms with Gasteiger partial charge in [0.05, 0.1) is 12.6 Å². The maximum absolute atomic E-state index is 12.8. The normalized spacial score (nSPS) is 25.9. The number of aliphatic hydroxyl groups excluding tert-OH is 2. The van der Waals surface area contributed by atoms with Crippen molar-refractivity contribution in [2.45, 2.75) is 45.5 Å². The van der Waals surface area contributed by atoms with Gasteiger partial charge in [-0.15, -0.1) is 0 Å². The summed E-state index contributed by atoms with van der Waals surface area (Å²) in [5, 5.41) is 30.8. The molecule has 1 aromatic rings. The van der Waals surface area contributed by atoms with Crippen molar-refractivity contribution in [2.24, 2.45) is 5.92 Å². The largest absolute Gasteiger partial charge is 0.507 e. The predicted molar refractivity (Wildman–Crippen MR) is 121 cm³/mol. The van der Waals surface area contributed by atoms with Crippen LogP contribution in [-0.2, 0) is 14.3 Å². The second-order valence-corrected chi connectivity index (χ2v) is 8.08. The summed E-state index contributed by atoms with van der Waals surface area (Å²) in [6.45, 7) is 5.30. The second kappa shape index (κ2) is 11.6. The number of ether oxygens (including phenoxy) is 2. The molecule has 1 amide bonds. The Bertz CT molecular complexity index is 939. The molecule has 0 bridgehead atoms. The van der Waals surface area contributed by atoms with Crippen LogP contribution in [0.2, 0.25) is 0 Å². The molecule has 0 fully saturated rings. The number of ketones is 1. The Labute approximate surface area is 192 Å². The number of phenols is 1. The van der Waals surface area contributed by atoms with Gasteiger partial charge in [0.15, 0.2) is 5.78 Å². The molecule has 0 saturated heterocycles. The van der Waals surface area contributed by atoms with Crippen LogP contribution < -0.4 is 4.74 Å². The third kappa shape index (κ3) is 7.16. The molecule has 0 aromatic heterocycles. The standard InChI is InChI=1S/C24H31NO8/c1-14-8-9-20(28)23(30)19(27)7-5-6-17-12-18(32-11-10-25(4)16(3)26)13-21(29)22(17)24(31)33-15(14)2/h5-6,8-9,12-15,19,23,27,29-30H,7,10-11H2,1-4H3/b6-5+,9-8-/t14-,15-,19-,23-/m0/s1. The number of cyclic esters (lactones) is 1. The zero-order valence-electron chi connectivity index (χ0n) is 19.2. The number of fused-ring (bicyclic) bond motifs is 1. The first kappa shape index (κ1) is 26.1. The molecule has 1 aliphatic rings. The number of nitrogens with zero attached hydrogens (tertiary/aromatic N) is 1. The number of carbonyl (C=O) groups is 3. The van der Waals surface area contributed by atoms with Gasteiger partial charge in [0.1, 0.15) is 35.9 Å². The van der Waals surface area contributed by atoms with Gasteiger partial charge in [-0.1, -0.05) is 25.2 Å². The molecule has 9 heteroatoms. The number of benzene rings is 1. The van der Waals surface area contributed by atoms with E-state index in [0.29, 0.717) is 6.54 Å². The molecule has 0 saturated carbocycles. The van der Waals surface area contributed by atoms with E-state index in [2.05, 4.69) is 0 Å². The summed E-state index contributed by atoms with van der Waals surface area (Å²) in [6.07, 6.45) is 1.95. The molecule has 3 N–H and O–H groups in total. The van der Waals surface area contributed by atoms with Gasteiger partial charge in [-0.05, 0) is 31.1 Å². The van der Waals surface area contributed by atoms with Crippen LogP contribution >= 0.6 is 0 Å². The molecule has 4 atom stereocenters. The van der Waals surface area contributed by atoms with Gasteiger partial charge >= 0.3 is 5.97 Å². The first-order valence-corrected chi connectivity index (χ1v) is 10.7. The lowest BCUT2D eigenvalue weighted by Gasteiger charge is -2.20. The van der Waals surface area contributed by atoms with Gasteiger partial charge < -0.3 is 29.7 Å². The third-order valence-electron chi connectivity index (χ3n) is 5.49. The fourth-order valence-corrected chi connectivity index (χ4v) is 3.01. The van der Waals surface area contributed by atoms with Gasteiger partial charge in [-0.25, -0.2) is 4.79 Å². The lowest BCUT2D eigenvalue weighted by atomic mass is 9.99. The highest BCUT2D eigenvalue weighted by Gasteiger charge is 2.25. The number of rotatable bonds is 4. The van der Waals surface area contributed by atoms with Gasteiger partial charge in [0.25, 0.3) is 0 Å². The van der Waals surface area contributed by atoms with E-state index in [1.165, 1.54) is 42.2 Å². The first-order chi connectivity index (χ1) is 15.5. The summed E-state index contributed by atoms with van der Waals surface area (Å²) < 4.78 is 11.1. The van der Waals surface area contributed by atoms with Crippen LogP contribution in [0.4, 0.5) is 0 Å². The third-order valence-corrected chi connectivity index (χ3v) is 5.49. The van der Waals surface area contributed by atoms with E-state index in [0.717, 1.165) is 6.08 Å². The average molecular weight is 462 g/mol. The molecule has 0 radical (unpaired) electrons. The molecule has 2 rings (SSSR count). The molecular formula is C24H31NO8. The number of aromatic hydroxyl groups is 1. The number of likely N-dealkylation sites (N-methyl/N-ethyl adjacent to an activating group) is 1. The lowest BCUT2D eigenvalue weighted by molar-refractivity contribution is -0.128. The molecule has 1 aliphatic heterocycles. The predicted octanol–water partition coefficient (Wildman–Crippen LogP) is 1.69. The molecule has 1 heterocycles. The van der Waals surface area contributed by atoms with Gasteiger partial charge in [-0.3, -0.25) is 9.59 Å². The zero-order valence-corrected chi connectivity index (χ0v) is 19.2. The van der Waals surface area contributed by atoms with Gasteiger partial charge in [0.2, 0.25) is 5.91 Å². The molecule has 0 aliphatic carbocycles. The Kier molecular flexibility index (Phi) is 9.19. The van der Waals surface area contributed by atoms with Crippen LogP contribution in [0.3, 0.4) is 0 Å². The number of hydrogen-bond acceptors (Lipinski definition) is 8. The van der Waals surface area contributed by atoms with E-state index >= 15 is 0 Å². The SMILES string of the molecule is CC(=O)N(C)CCOc1cc(O)c2c(c1)/C=C/C[C@H](O)[C@H](O)C(=O)/C=C\[C@H](C)[C@H](C)OC2=O. The highest BCUT2D eigenvalue weighted by atomic mass is 16.5. The molecule has 0 unspecified atom stereocenters. The Morgan fingerprint density at radius 1 is 1.21 bits per heavy atom. The van der Waals surface area contributed by atoms with Crippen LogP contribution in [0.5, 0.6) is 11.5 Å². The minimum atomic E-state index is -1.60. The number of hydrogen-bond donors (Lipinski definition) is 3. The number of aliphatic hydroxyl groups is 2. The summed E-state index contributed by atoms with van der Waals surface area (Å²) in [6, 6.07) is 2.81. The maximum atomic E-state index is 12.8. The van der Waals surface area contributed by atoms with Crippen molar-refractivity contribution in [3.05, 3.63) is 41.5 Å². The van der Waals surface area contributed by atoms with E-state index < -0.39 is 30.1 Å². The molecule has 9 nitrogen and oxygen atoms in total. The van der Waals surface area contributed by atoms with Crippen molar-refractivity contribution < 1.29 is 39.2 Å². The number of phenolic OH excluding ortho intramolecular Hbond substituents is 1. The monoisotopic (exact) mass is 461 g/mol. The topological polar surface area (TPSA) is 134 Å². The molecule has 33 heavy (non-hydrogen) atoms. The fourth-order valence-electron chi connectivity index (χ4n) is 3.01. The smallest absolute Gasteiger partial charge is 0.342 e.